The van der Waals surface area contributed by atoms with Crippen LogP contribution in [0.4, 0.5) is 11.4 Å². The number of nitrogens with one attached hydrogen (secondary N) is 2. The minimum Gasteiger partial charge on any atom is -0.376 e. The molecule has 0 heterocycles. The summed E-state index contributed by atoms with van der Waals surface area (Å²) in [6, 6.07) is 11.8. The Morgan fingerprint density at radius 2 is 1.86 bits per heavy atom. The van der Waals surface area contributed by atoms with Gasteiger partial charge in [-0.25, -0.2) is 0 Å². The molecule has 2 aromatic rings. The third-order valence-corrected chi connectivity index (χ3v) is 3.49. The Balaban J connectivity index is 1.97. The van der Waals surface area contributed by atoms with E-state index in [1.165, 1.54) is 6.92 Å². The molecule has 2 N–H and O–H groups in total. The van der Waals surface area contributed by atoms with Crippen LogP contribution in [0.5, 0.6) is 0 Å². The maximum atomic E-state index is 11.9. The number of ketones is 1. The second-order valence-electron chi connectivity index (χ2n) is 4.66. The molecule has 4 nitrogen and oxygen atoms in total. The second kappa shape index (κ2) is 7.29. The normalized spacial score (nSPS) is 10.1. The molecule has 0 fully saturated rings. The summed E-state index contributed by atoms with van der Waals surface area (Å²) in [6.45, 7) is 1.54. The van der Waals surface area contributed by atoms with E-state index in [9.17, 15) is 9.59 Å². The summed E-state index contributed by atoms with van der Waals surface area (Å²) in [5.74, 6) is -0.295. The van der Waals surface area contributed by atoms with Crippen LogP contribution in [0, 0.1) is 0 Å². The van der Waals surface area contributed by atoms with Gasteiger partial charge in [0.1, 0.15) is 0 Å². The topological polar surface area (TPSA) is 58.2 Å². The number of hydrogen-bond acceptors (Lipinski definition) is 3. The number of Topliss-reactive ketones (excluding diaryl/α,β-unsaturated/α-hetero) is 1. The third-order valence-electron chi connectivity index (χ3n) is 2.92. The number of anilines is 2. The molecule has 0 atom stereocenters. The van der Waals surface area contributed by atoms with E-state index < -0.39 is 0 Å². The zero-order valence-electron chi connectivity index (χ0n) is 11.8. The average molecular weight is 337 g/mol. The minimum atomic E-state index is -0.266. The van der Waals surface area contributed by atoms with Gasteiger partial charge in [-0.15, -0.1) is 0 Å². The van der Waals surface area contributed by atoms with Gasteiger partial charge in [-0.1, -0.05) is 35.3 Å². The zero-order chi connectivity index (χ0) is 16.1. The van der Waals surface area contributed by atoms with Crippen LogP contribution in [0.3, 0.4) is 0 Å². The molecule has 0 spiro atoms. The van der Waals surface area contributed by atoms with Gasteiger partial charge < -0.3 is 10.6 Å². The molecule has 0 saturated carbocycles. The smallest absolute Gasteiger partial charge is 0.243 e. The van der Waals surface area contributed by atoms with Crippen molar-refractivity contribution in [3.8, 4) is 0 Å². The van der Waals surface area contributed by atoms with E-state index in [0.29, 0.717) is 27.0 Å². The van der Waals surface area contributed by atoms with Crippen LogP contribution < -0.4 is 10.6 Å². The summed E-state index contributed by atoms with van der Waals surface area (Å²) in [5.41, 5.74) is 1.74. The highest BCUT2D eigenvalue weighted by Crippen LogP contribution is 2.25. The lowest BCUT2D eigenvalue weighted by molar-refractivity contribution is -0.114. The molecule has 2 aromatic carbocycles. The molecule has 0 saturated heterocycles. The highest BCUT2D eigenvalue weighted by molar-refractivity contribution is 6.35. The van der Waals surface area contributed by atoms with Crippen molar-refractivity contribution in [1.29, 1.82) is 0 Å². The predicted octanol–water partition coefficient (Wildman–Crippen LogP) is 4.25. The van der Waals surface area contributed by atoms with Crippen molar-refractivity contribution in [3.63, 3.8) is 0 Å². The molecule has 1 amide bonds. The molecule has 0 aromatic heterocycles. The lowest BCUT2D eigenvalue weighted by Gasteiger charge is -2.10. The minimum absolute atomic E-state index is 0.0289. The van der Waals surface area contributed by atoms with Crippen molar-refractivity contribution >= 4 is 46.3 Å². The molecular formula is C16H14Cl2N2O2. The molecule has 0 aliphatic rings. The molecular weight excluding hydrogens is 323 g/mol. The summed E-state index contributed by atoms with van der Waals surface area (Å²) in [4.78, 5) is 23.2. The highest BCUT2D eigenvalue weighted by atomic mass is 35.5. The molecule has 0 aliphatic carbocycles. The molecule has 0 radical (unpaired) electrons. The van der Waals surface area contributed by atoms with E-state index in [0.717, 1.165) is 0 Å². The molecule has 114 valence electrons. The van der Waals surface area contributed by atoms with Crippen LogP contribution in [0.1, 0.15) is 17.3 Å². The van der Waals surface area contributed by atoms with Gasteiger partial charge in [-0.05, 0) is 37.3 Å². The molecule has 0 bridgehead atoms. The van der Waals surface area contributed by atoms with Gasteiger partial charge in [0, 0.05) is 16.3 Å². The van der Waals surface area contributed by atoms with E-state index in [1.54, 1.807) is 42.5 Å². The Kier molecular flexibility index (Phi) is 5.41. The van der Waals surface area contributed by atoms with Crippen LogP contribution in [-0.2, 0) is 4.79 Å². The van der Waals surface area contributed by atoms with Crippen LogP contribution >= 0.6 is 23.2 Å². The van der Waals surface area contributed by atoms with Gasteiger partial charge in [0.2, 0.25) is 5.91 Å². The maximum absolute atomic E-state index is 11.9. The van der Waals surface area contributed by atoms with Crippen LogP contribution in [0.15, 0.2) is 42.5 Å². The highest BCUT2D eigenvalue weighted by Gasteiger charge is 2.07. The third kappa shape index (κ3) is 4.48. The fourth-order valence-corrected chi connectivity index (χ4v) is 2.16. The van der Waals surface area contributed by atoms with Crippen LogP contribution in [0.2, 0.25) is 10.0 Å². The average Bonchev–Trinajstić information content (AvgIpc) is 2.49. The summed E-state index contributed by atoms with van der Waals surface area (Å²) < 4.78 is 0. The summed E-state index contributed by atoms with van der Waals surface area (Å²) in [6.07, 6.45) is 0. The van der Waals surface area contributed by atoms with Gasteiger partial charge in [-0.2, -0.15) is 0 Å². The van der Waals surface area contributed by atoms with Gasteiger partial charge in [-0.3, -0.25) is 9.59 Å². The van der Waals surface area contributed by atoms with E-state index in [2.05, 4.69) is 10.6 Å². The second-order valence-corrected chi connectivity index (χ2v) is 5.51. The van der Waals surface area contributed by atoms with Crippen molar-refractivity contribution in [2.75, 3.05) is 17.2 Å². The fraction of sp³-hybridized carbons (Fsp3) is 0.125. The lowest BCUT2D eigenvalue weighted by atomic mass is 10.1. The van der Waals surface area contributed by atoms with Crippen molar-refractivity contribution in [1.82, 2.24) is 0 Å². The monoisotopic (exact) mass is 336 g/mol. The Morgan fingerprint density at radius 3 is 2.59 bits per heavy atom. The number of carbonyl (C=O) groups is 2. The van der Waals surface area contributed by atoms with Crippen molar-refractivity contribution < 1.29 is 9.59 Å². The van der Waals surface area contributed by atoms with Gasteiger partial charge in [0.05, 0.1) is 17.3 Å². The number of rotatable bonds is 5. The van der Waals surface area contributed by atoms with Crippen molar-refractivity contribution in [2.45, 2.75) is 6.92 Å². The first-order valence-corrected chi connectivity index (χ1v) is 7.31. The van der Waals surface area contributed by atoms with Gasteiger partial charge >= 0.3 is 0 Å². The summed E-state index contributed by atoms with van der Waals surface area (Å²) in [7, 11) is 0. The molecule has 0 unspecified atom stereocenters. The van der Waals surface area contributed by atoms with E-state index in [1.807, 2.05) is 0 Å². The first-order chi connectivity index (χ1) is 10.5. The summed E-state index contributed by atoms with van der Waals surface area (Å²) in [5, 5.41) is 6.53. The van der Waals surface area contributed by atoms with Gasteiger partial charge in [0.25, 0.3) is 0 Å². The fourth-order valence-electron chi connectivity index (χ4n) is 1.82. The number of hydrogen-bond donors (Lipinski definition) is 2. The van der Waals surface area contributed by atoms with Crippen molar-refractivity contribution in [3.05, 3.63) is 58.1 Å². The zero-order valence-corrected chi connectivity index (χ0v) is 13.3. The largest absolute Gasteiger partial charge is 0.376 e. The number of benzene rings is 2. The van der Waals surface area contributed by atoms with Crippen LogP contribution in [-0.4, -0.2) is 18.2 Å². The van der Waals surface area contributed by atoms with Gasteiger partial charge in [0.15, 0.2) is 5.78 Å². The predicted molar refractivity (Wildman–Crippen MR) is 90.0 cm³/mol. The number of halogens is 2. The van der Waals surface area contributed by atoms with E-state index in [-0.39, 0.29) is 18.2 Å². The molecule has 2 rings (SSSR count). The molecule has 22 heavy (non-hydrogen) atoms. The quantitative estimate of drug-likeness (QED) is 0.802. The lowest BCUT2D eigenvalue weighted by Crippen LogP contribution is -2.22. The Labute approximate surface area is 138 Å². The maximum Gasteiger partial charge on any atom is 0.243 e. The Morgan fingerprint density at radius 1 is 1.09 bits per heavy atom. The summed E-state index contributed by atoms with van der Waals surface area (Å²) >= 11 is 11.8. The van der Waals surface area contributed by atoms with E-state index >= 15 is 0 Å². The van der Waals surface area contributed by atoms with Crippen LogP contribution in [0.25, 0.3) is 0 Å². The molecule has 0 aliphatic heterocycles. The first kappa shape index (κ1) is 16.3. The SMILES string of the molecule is CC(=O)c1cccc(NCC(=O)Nc2cc(Cl)ccc2Cl)c1. The number of amides is 1. The Bertz CT molecular complexity index is 717. The van der Waals surface area contributed by atoms with E-state index in [4.69, 9.17) is 23.2 Å². The standard InChI is InChI=1S/C16H14Cl2N2O2/c1-10(21)11-3-2-4-13(7-11)19-9-16(22)20-15-8-12(17)5-6-14(15)18/h2-8,19H,9H2,1H3,(H,20,22). The first-order valence-electron chi connectivity index (χ1n) is 6.55. The van der Waals surface area contributed by atoms with Crippen molar-refractivity contribution in [2.24, 2.45) is 0 Å². The molecule has 6 heteroatoms. The number of carbonyl (C=O) groups excluding carboxylic acids is 2. The Hall–Kier alpha value is -2.04.